The first-order chi connectivity index (χ1) is 11.2. The minimum Gasteiger partial charge on any atom is -0.462 e. The van der Waals surface area contributed by atoms with E-state index >= 15 is 0 Å². The Hall–Kier alpha value is -2.11. The predicted octanol–water partition coefficient (Wildman–Crippen LogP) is 2.98. The van der Waals surface area contributed by atoms with E-state index in [-0.39, 0.29) is 5.97 Å². The van der Waals surface area contributed by atoms with Gasteiger partial charge in [0.2, 0.25) is 0 Å². The molecule has 6 nitrogen and oxygen atoms in total. The monoisotopic (exact) mass is 316 g/mol. The molecule has 0 N–H and O–H groups in total. The van der Waals surface area contributed by atoms with Crippen LogP contribution >= 0.6 is 0 Å². The van der Waals surface area contributed by atoms with Crippen molar-refractivity contribution in [2.24, 2.45) is 0 Å². The third kappa shape index (κ3) is 3.46. The molecule has 0 radical (unpaired) electrons. The quantitative estimate of drug-likeness (QED) is 0.426. The van der Waals surface area contributed by atoms with Gasteiger partial charge in [0.1, 0.15) is 11.8 Å². The molecule has 0 saturated carbocycles. The van der Waals surface area contributed by atoms with Gasteiger partial charge in [0.25, 0.3) is 0 Å². The average molecular weight is 316 g/mol. The first kappa shape index (κ1) is 15.8. The molecule has 1 fully saturated rings. The van der Waals surface area contributed by atoms with Crippen molar-refractivity contribution in [2.45, 2.75) is 46.0 Å². The molecule has 1 aliphatic rings. The van der Waals surface area contributed by atoms with E-state index in [9.17, 15) is 4.79 Å². The molecule has 23 heavy (non-hydrogen) atoms. The van der Waals surface area contributed by atoms with Gasteiger partial charge in [-0.25, -0.2) is 14.3 Å². The Morgan fingerprint density at radius 2 is 2.04 bits per heavy atom. The van der Waals surface area contributed by atoms with Gasteiger partial charge in [0, 0.05) is 19.3 Å². The fraction of sp³-hybridized carbons (Fsp3) is 0.588. The largest absolute Gasteiger partial charge is 0.462 e. The zero-order valence-corrected chi connectivity index (χ0v) is 13.9. The van der Waals surface area contributed by atoms with Gasteiger partial charge in [-0.3, -0.25) is 0 Å². The number of anilines is 1. The molecule has 1 aliphatic heterocycles. The molecule has 2 aromatic rings. The Morgan fingerprint density at radius 1 is 1.26 bits per heavy atom. The van der Waals surface area contributed by atoms with Gasteiger partial charge in [0.15, 0.2) is 5.82 Å². The second-order valence-corrected chi connectivity index (χ2v) is 6.08. The molecule has 0 aliphatic carbocycles. The van der Waals surface area contributed by atoms with Gasteiger partial charge in [0.05, 0.1) is 12.2 Å². The Morgan fingerprint density at radius 3 is 2.78 bits per heavy atom. The van der Waals surface area contributed by atoms with Crippen molar-refractivity contribution in [3.05, 3.63) is 23.7 Å². The van der Waals surface area contributed by atoms with Crippen molar-refractivity contribution in [3.63, 3.8) is 0 Å². The maximum Gasteiger partial charge on any atom is 0.340 e. The molecule has 0 amide bonds. The molecule has 0 spiro atoms. The molecule has 0 unspecified atom stereocenters. The lowest BCUT2D eigenvalue weighted by Gasteiger charge is -2.05. The summed E-state index contributed by atoms with van der Waals surface area (Å²) in [6.45, 7) is 6.63. The minimum absolute atomic E-state index is 0.264. The summed E-state index contributed by atoms with van der Waals surface area (Å²) in [5, 5.41) is 4.22. The maximum absolute atomic E-state index is 12.3. The molecule has 0 aromatic carbocycles. The van der Waals surface area contributed by atoms with Crippen molar-refractivity contribution < 1.29 is 9.53 Å². The third-order valence-electron chi connectivity index (χ3n) is 4.26. The number of carbonyl (C=O) groups excluding carboxylic acids is 1. The summed E-state index contributed by atoms with van der Waals surface area (Å²) in [6.07, 6.45) is 8.99. The highest BCUT2D eigenvalue weighted by Crippen LogP contribution is 2.28. The van der Waals surface area contributed by atoms with Crippen LogP contribution in [0.25, 0.3) is 5.52 Å². The molecule has 6 heteroatoms. The van der Waals surface area contributed by atoms with Crippen LogP contribution in [-0.4, -0.2) is 40.3 Å². The molecule has 124 valence electrons. The molecular weight excluding hydrogens is 292 g/mol. The van der Waals surface area contributed by atoms with Crippen molar-refractivity contribution in [3.8, 4) is 0 Å². The van der Waals surface area contributed by atoms with Crippen molar-refractivity contribution >= 4 is 17.3 Å². The van der Waals surface area contributed by atoms with Crippen LogP contribution in [0.2, 0.25) is 0 Å². The van der Waals surface area contributed by atoms with Gasteiger partial charge in [-0.15, -0.1) is 0 Å². The number of aromatic nitrogens is 3. The van der Waals surface area contributed by atoms with Crippen LogP contribution in [0.1, 0.15) is 54.9 Å². The zero-order valence-electron chi connectivity index (χ0n) is 13.9. The molecule has 0 bridgehead atoms. The summed E-state index contributed by atoms with van der Waals surface area (Å²) in [5.41, 5.74) is 2.38. The van der Waals surface area contributed by atoms with Gasteiger partial charge in [-0.05, 0) is 18.9 Å². The van der Waals surface area contributed by atoms with Crippen LogP contribution in [0.3, 0.4) is 0 Å². The standard InChI is InChI=1S/C17H24N4O2/c1-3-4-5-6-7-10-23-17(22)14-11-21-15(13(14)2)16(18-12-19-21)20-8-9-20/h11-12H,3-10H2,1-2H3. The van der Waals surface area contributed by atoms with E-state index in [0.717, 1.165) is 42.8 Å². The highest BCUT2D eigenvalue weighted by Gasteiger charge is 2.26. The van der Waals surface area contributed by atoms with E-state index in [1.165, 1.54) is 25.6 Å². The smallest absolute Gasteiger partial charge is 0.340 e. The molecule has 3 heterocycles. The fourth-order valence-electron chi connectivity index (χ4n) is 2.79. The number of esters is 1. The summed E-state index contributed by atoms with van der Waals surface area (Å²) in [4.78, 5) is 18.8. The van der Waals surface area contributed by atoms with E-state index < -0.39 is 0 Å². The lowest BCUT2D eigenvalue weighted by Crippen LogP contribution is -2.06. The summed E-state index contributed by atoms with van der Waals surface area (Å²) >= 11 is 0. The third-order valence-corrected chi connectivity index (χ3v) is 4.26. The minimum atomic E-state index is -0.264. The summed E-state index contributed by atoms with van der Waals surface area (Å²) in [6, 6.07) is 0. The predicted molar refractivity (Wildman–Crippen MR) is 89.0 cm³/mol. The van der Waals surface area contributed by atoms with E-state index in [4.69, 9.17) is 4.74 Å². The summed E-state index contributed by atoms with van der Waals surface area (Å²) in [7, 11) is 0. The van der Waals surface area contributed by atoms with Gasteiger partial charge < -0.3 is 9.64 Å². The Balaban J connectivity index is 1.66. The number of unbranched alkanes of at least 4 members (excludes halogenated alkanes) is 4. The van der Waals surface area contributed by atoms with Gasteiger partial charge in [-0.2, -0.15) is 5.10 Å². The average Bonchev–Trinajstić information content (AvgIpc) is 3.34. The molecule has 1 saturated heterocycles. The van der Waals surface area contributed by atoms with Crippen LogP contribution in [0, 0.1) is 6.92 Å². The van der Waals surface area contributed by atoms with Crippen molar-refractivity contribution in [1.29, 1.82) is 0 Å². The Kier molecular flexibility index (Phi) is 4.79. The maximum atomic E-state index is 12.3. The number of carbonyl (C=O) groups is 1. The number of ether oxygens (including phenoxy) is 1. The van der Waals surface area contributed by atoms with Gasteiger partial charge in [-0.1, -0.05) is 32.6 Å². The molecular formula is C17H24N4O2. The number of nitrogens with zero attached hydrogens (tertiary/aromatic N) is 4. The van der Waals surface area contributed by atoms with Crippen molar-refractivity contribution in [1.82, 2.24) is 14.6 Å². The first-order valence-corrected chi connectivity index (χ1v) is 8.47. The number of rotatable bonds is 8. The van der Waals surface area contributed by atoms with Crippen molar-refractivity contribution in [2.75, 3.05) is 24.6 Å². The Labute approximate surface area is 136 Å². The first-order valence-electron chi connectivity index (χ1n) is 8.47. The number of aryl methyl sites for hydroxylation is 1. The van der Waals surface area contributed by atoms with Crippen LogP contribution < -0.4 is 4.90 Å². The summed E-state index contributed by atoms with van der Waals surface area (Å²) < 4.78 is 7.15. The zero-order chi connectivity index (χ0) is 16.2. The second-order valence-electron chi connectivity index (χ2n) is 6.08. The normalized spacial score (nSPS) is 13.6. The van der Waals surface area contributed by atoms with E-state index in [1.54, 1.807) is 10.7 Å². The lowest BCUT2D eigenvalue weighted by molar-refractivity contribution is 0.0497. The van der Waals surface area contributed by atoms with E-state index in [1.807, 2.05) is 6.92 Å². The van der Waals surface area contributed by atoms with Crippen LogP contribution in [0.4, 0.5) is 5.82 Å². The number of fused-ring (bicyclic) bond motifs is 1. The van der Waals surface area contributed by atoms with E-state index in [2.05, 4.69) is 21.9 Å². The number of hydrogen-bond acceptors (Lipinski definition) is 5. The van der Waals surface area contributed by atoms with E-state index in [0.29, 0.717) is 12.2 Å². The van der Waals surface area contributed by atoms with Crippen LogP contribution in [0.5, 0.6) is 0 Å². The number of hydrogen-bond donors (Lipinski definition) is 0. The molecule has 2 aromatic heterocycles. The highest BCUT2D eigenvalue weighted by molar-refractivity contribution is 5.95. The molecule has 3 rings (SSSR count). The highest BCUT2D eigenvalue weighted by atomic mass is 16.5. The lowest BCUT2D eigenvalue weighted by atomic mass is 10.1. The van der Waals surface area contributed by atoms with Gasteiger partial charge >= 0.3 is 5.97 Å². The van der Waals surface area contributed by atoms with Crippen LogP contribution in [-0.2, 0) is 4.74 Å². The van der Waals surface area contributed by atoms with Crippen LogP contribution in [0.15, 0.2) is 12.5 Å². The summed E-state index contributed by atoms with van der Waals surface area (Å²) in [5.74, 6) is 0.636. The SMILES string of the molecule is CCCCCCCOC(=O)c1cn2ncnc(N3CC3)c2c1C. The fourth-order valence-corrected chi connectivity index (χ4v) is 2.79. The second kappa shape index (κ2) is 6.98. The Bertz CT molecular complexity index is 691. The molecule has 0 atom stereocenters. The topological polar surface area (TPSA) is 59.5 Å².